The normalized spacial score (nSPS) is 31.9. The van der Waals surface area contributed by atoms with Gasteiger partial charge in [-0.15, -0.1) is 11.8 Å². The van der Waals surface area contributed by atoms with Gasteiger partial charge in [0.2, 0.25) is 0 Å². The molecule has 12 heteroatoms. The second kappa shape index (κ2) is 8.81. The van der Waals surface area contributed by atoms with Crippen LogP contribution in [0.4, 0.5) is 0 Å². The number of carbonyl (C=O) groups excluding carboxylic acids is 2. The van der Waals surface area contributed by atoms with Crippen molar-refractivity contribution in [2.24, 2.45) is 0 Å². The van der Waals surface area contributed by atoms with Gasteiger partial charge in [-0.3, -0.25) is 8.98 Å². The molecule has 0 aliphatic carbocycles. The minimum atomic E-state index is -4.50. The van der Waals surface area contributed by atoms with Gasteiger partial charge in [-0.1, -0.05) is 17.7 Å². The summed E-state index contributed by atoms with van der Waals surface area (Å²) >= 11 is 1.02. The van der Waals surface area contributed by atoms with Gasteiger partial charge in [0, 0.05) is 5.75 Å². The fraction of sp³-hybridized carbons (Fsp3) is 0.556. The van der Waals surface area contributed by atoms with Gasteiger partial charge in [0.25, 0.3) is 16.0 Å². The van der Waals surface area contributed by atoms with E-state index < -0.39 is 57.8 Å². The van der Waals surface area contributed by atoms with Crippen molar-refractivity contribution in [2.45, 2.75) is 54.6 Å². The van der Waals surface area contributed by atoms with E-state index in [1.807, 2.05) is 0 Å². The van der Waals surface area contributed by atoms with E-state index in [2.05, 4.69) is 0 Å². The molecular weight excluding hydrogens is 438 g/mol. The summed E-state index contributed by atoms with van der Waals surface area (Å²) in [6.45, 7) is 3.40. The van der Waals surface area contributed by atoms with Crippen molar-refractivity contribution in [2.75, 3.05) is 12.4 Å². The maximum absolute atomic E-state index is 13.1. The second-order valence-corrected chi connectivity index (χ2v) is 9.71. The fourth-order valence-corrected chi connectivity index (χ4v) is 5.82. The first-order valence-electron chi connectivity index (χ1n) is 9.23. The molecule has 30 heavy (non-hydrogen) atoms. The monoisotopic (exact) mass is 461 g/mol. The average molecular weight is 462 g/mol. The minimum absolute atomic E-state index is 0.0578. The van der Waals surface area contributed by atoms with Crippen molar-refractivity contribution in [1.29, 1.82) is 0 Å². The fourth-order valence-electron chi connectivity index (χ4n) is 3.33. The number of hydrogen-bond acceptors (Lipinski definition) is 10. The number of rotatable bonds is 5. The van der Waals surface area contributed by atoms with Crippen LogP contribution < -0.4 is 0 Å². The number of aliphatic hydroxyl groups is 3. The van der Waals surface area contributed by atoms with Gasteiger partial charge in [0.1, 0.15) is 29.7 Å². The van der Waals surface area contributed by atoms with Crippen LogP contribution in [0.2, 0.25) is 0 Å². The van der Waals surface area contributed by atoms with Crippen LogP contribution in [0.5, 0.6) is 0 Å². The van der Waals surface area contributed by atoms with Gasteiger partial charge in [-0.2, -0.15) is 8.42 Å². The van der Waals surface area contributed by atoms with Crippen LogP contribution in [-0.2, 0) is 28.6 Å². The van der Waals surface area contributed by atoms with E-state index in [0.717, 1.165) is 22.2 Å². The smallest absolute Gasteiger partial charge is 0.329 e. The molecule has 3 rings (SSSR count). The molecule has 2 fully saturated rings. The molecule has 10 nitrogen and oxygen atoms in total. The third-order valence-electron chi connectivity index (χ3n) is 4.93. The lowest BCUT2D eigenvalue weighted by Gasteiger charge is -2.29. The molecule has 0 unspecified atom stereocenters. The molecule has 166 valence electrons. The number of thioether (sulfide) groups is 1. The van der Waals surface area contributed by atoms with Crippen LogP contribution in [0.25, 0.3) is 0 Å². The lowest BCUT2D eigenvalue weighted by Crippen LogP contribution is -2.52. The zero-order valence-corrected chi connectivity index (χ0v) is 17.9. The number of esters is 1. The first kappa shape index (κ1) is 23.0. The van der Waals surface area contributed by atoms with Crippen LogP contribution in [0.1, 0.15) is 12.5 Å². The minimum Gasteiger partial charge on any atom is -0.464 e. The summed E-state index contributed by atoms with van der Waals surface area (Å²) in [4.78, 5) is 26.1. The number of carbonyl (C=O) groups is 2. The predicted molar refractivity (Wildman–Crippen MR) is 105 cm³/mol. The van der Waals surface area contributed by atoms with Crippen LogP contribution in [-0.4, -0.2) is 88.7 Å². The van der Waals surface area contributed by atoms with Crippen LogP contribution >= 0.6 is 11.8 Å². The molecule has 6 atom stereocenters. The maximum atomic E-state index is 13.1. The molecule has 0 saturated carbocycles. The zero-order valence-electron chi connectivity index (χ0n) is 16.2. The molecule has 1 amide bonds. The molecule has 2 heterocycles. The van der Waals surface area contributed by atoms with Gasteiger partial charge in [-0.05, 0) is 26.0 Å². The largest absolute Gasteiger partial charge is 0.464 e. The summed E-state index contributed by atoms with van der Waals surface area (Å²) in [7, 11) is -4.50. The van der Waals surface area contributed by atoms with Gasteiger partial charge in [0.15, 0.2) is 6.10 Å². The zero-order chi connectivity index (χ0) is 22.2. The van der Waals surface area contributed by atoms with Crippen molar-refractivity contribution in [1.82, 2.24) is 4.90 Å². The highest BCUT2D eigenvalue weighted by molar-refractivity contribution is 8.00. The first-order chi connectivity index (χ1) is 14.1. The highest BCUT2D eigenvalue weighted by Crippen LogP contribution is 2.38. The van der Waals surface area contributed by atoms with Crippen LogP contribution in [0, 0.1) is 6.92 Å². The van der Waals surface area contributed by atoms with Gasteiger partial charge in [0.05, 0.1) is 11.5 Å². The Hall–Kier alpha value is -1.70. The van der Waals surface area contributed by atoms with Crippen molar-refractivity contribution in [3.8, 4) is 0 Å². The summed E-state index contributed by atoms with van der Waals surface area (Å²) in [6.07, 6.45) is -7.61. The highest BCUT2D eigenvalue weighted by atomic mass is 32.2. The Morgan fingerprint density at radius 2 is 1.80 bits per heavy atom. The van der Waals surface area contributed by atoms with E-state index in [9.17, 15) is 33.3 Å². The van der Waals surface area contributed by atoms with E-state index in [1.54, 1.807) is 13.8 Å². The average Bonchev–Trinajstić information content (AvgIpc) is 3.13. The van der Waals surface area contributed by atoms with Gasteiger partial charge >= 0.3 is 5.97 Å². The molecule has 2 saturated heterocycles. The molecule has 0 radical (unpaired) electrons. The summed E-state index contributed by atoms with van der Waals surface area (Å²) in [5, 5.41) is 30.1. The van der Waals surface area contributed by atoms with Crippen molar-refractivity contribution >= 4 is 33.8 Å². The van der Waals surface area contributed by atoms with E-state index in [4.69, 9.17) is 8.92 Å². The van der Waals surface area contributed by atoms with E-state index in [-0.39, 0.29) is 17.3 Å². The van der Waals surface area contributed by atoms with E-state index in [0.29, 0.717) is 0 Å². The highest BCUT2D eigenvalue weighted by Gasteiger charge is 2.56. The lowest BCUT2D eigenvalue weighted by molar-refractivity contribution is -0.157. The molecule has 0 bridgehead atoms. The molecule has 3 N–H and O–H groups in total. The number of aliphatic hydroxyl groups excluding tert-OH is 3. The Balaban J connectivity index is 1.95. The Morgan fingerprint density at radius 1 is 1.17 bits per heavy atom. The number of ether oxygens (including phenoxy) is 1. The lowest BCUT2D eigenvalue weighted by atomic mass is 10.1. The van der Waals surface area contributed by atoms with Gasteiger partial charge < -0.3 is 25.0 Å². The molecule has 0 aromatic heterocycles. The molecule has 1 aromatic rings. The Bertz CT molecular complexity index is 905. The van der Waals surface area contributed by atoms with Crippen molar-refractivity contribution < 1.29 is 42.2 Å². The maximum Gasteiger partial charge on any atom is 0.329 e. The summed E-state index contributed by atoms with van der Waals surface area (Å²) in [5.74, 6) is -1.70. The number of amides is 1. The molecule has 2 aliphatic rings. The molecule has 1 aromatic carbocycles. The summed E-state index contributed by atoms with van der Waals surface area (Å²) in [6, 6.07) is 4.50. The number of hydrogen-bond donors (Lipinski definition) is 3. The number of fused-ring (bicyclic) bond motifs is 1. The topological polar surface area (TPSA) is 151 Å². The summed E-state index contributed by atoms with van der Waals surface area (Å²) < 4.78 is 35.3. The van der Waals surface area contributed by atoms with Crippen LogP contribution in [0.15, 0.2) is 29.2 Å². The third kappa shape index (κ3) is 4.20. The molecular formula is C18H23NO9S2. The van der Waals surface area contributed by atoms with E-state index in [1.165, 1.54) is 24.3 Å². The summed E-state index contributed by atoms with van der Waals surface area (Å²) in [5.41, 5.74) is 0.798. The number of aryl methyl sites for hydroxylation is 1. The van der Waals surface area contributed by atoms with Crippen molar-refractivity contribution in [3.63, 3.8) is 0 Å². The van der Waals surface area contributed by atoms with Crippen molar-refractivity contribution in [3.05, 3.63) is 29.8 Å². The number of nitrogens with zero attached hydrogens (tertiary/aromatic N) is 1. The standard InChI is InChI=1S/C18H23NO9S2/c1-3-27-18(24)11-8-29-17-14(22)12(20)13(21)15(16(23)19(11)17)28-30(25,26)10-6-4-9(2)5-7-10/h4-7,11-15,17,20-22H,3,8H2,1-2H3/t11-,12-,13-,14+,15-,17-/m0/s1. The SMILES string of the molecule is CCOC(=O)[C@@H]1CS[C@H]2[C@H](O)[C@@H](O)[C@H](O)[C@H](OS(=O)(=O)c3ccc(C)cc3)C(=O)N12. The molecule has 2 aliphatic heterocycles. The number of benzene rings is 1. The third-order valence-corrected chi connectivity index (χ3v) is 7.60. The van der Waals surface area contributed by atoms with Gasteiger partial charge in [-0.25, -0.2) is 4.79 Å². The van der Waals surface area contributed by atoms with E-state index >= 15 is 0 Å². The second-order valence-electron chi connectivity index (χ2n) is 6.99. The van der Waals surface area contributed by atoms with Crippen LogP contribution in [0.3, 0.4) is 0 Å². The molecule has 0 spiro atoms. The predicted octanol–water partition coefficient (Wildman–Crippen LogP) is -1.00. The first-order valence-corrected chi connectivity index (χ1v) is 11.7. The Kier molecular flexibility index (Phi) is 6.75. The Labute approximate surface area is 177 Å². The quantitative estimate of drug-likeness (QED) is 0.368. The Morgan fingerprint density at radius 3 is 2.40 bits per heavy atom.